The van der Waals surface area contributed by atoms with Crippen LogP contribution in [-0.4, -0.2) is 29.6 Å². The number of rotatable bonds is 4. The number of ether oxygens (including phenoxy) is 2. The number of phenolic OH excluding ortho intramolecular Hbond substituents is 1. The highest BCUT2D eigenvalue weighted by molar-refractivity contribution is 8.27. The van der Waals surface area contributed by atoms with Gasteiger partial charge in [0.2, 0.25) is 0 Å². The van der Waals surface area contributed by atoms with Gasteiger partial charge in [0.1, 0.15) is 5.75 Å². The average molecular weight is 408 g/mol. The van der Waals surface area contributed by atoms with Gasteiger partial charge in [0.25, 0.3) is 5.91 Å². The number of anilines is 1. The number of thiocarbonyl (C=S) groups is 1. The van der Waals surface area contributed by atoms with E-state index in [9.17, 15) is 9.90 Å². The van der Waals surface area contributed by atoms with Crippen LogP contribution in [0, 0.1) is 0 Å². The van der Waals surface area contributed by atoms with Gasteiger partial charge >= 0.3 is 0 Å². The van der Waals surface area contributed by atoms with Crippen LogP contribution in [0.4, 0.5) is 5.69 Å². The normalized spacial score (nSPS) is 15.7. The molecule has 0 saturated carbocycles. The van der Waals surface area contributed by atoms with Gasteiger partial charge in [-0.2, -0.15) is 0 Å². The number of methoxy groups -OCH3 is 2. The summed E-state index contributed by atoms with van der Waals surface area (Å²) in [6.45, 7) is 0. The van der Waals surface area contributed by atoms with E-state index >= 15 is 0 Å². The molecule has 134 valence electrons. The lowest BCUT2D eigenvalue weighted by atomic mass is 10.1. The highest BCUT2D eigenvalue weighted by Gasteiger charge is 2.33. The Labute approximate surface area is 165 Å². The molecule has 1 N–H and O–H groups in total. The van der Waals surface area contributed by atoms with Gasteiger partial charge in [-0.3, -0.25) is 9.69 Å². The first-order valence-corrected chi connectivity index (χ1v) is 9.03. The zero-order valence-electron chi connectivity index (χ0n) is 13.9. The molecule has 3 rings (SSSR count). The summed E-state index contributed by atoms with van der Waals surface area (Å²) in [7, 11) is 3.01. The van der Waals surface area contributed by atoms with Gasteiger partial charge in [0.15, 0.2) is 15.8 Å². The van der Waals surface area contributed by atoms with Gasteiger partial charge in [-0.25, -0.2) is 0 Å². The number of amides is 1. The molecule has 0 aliphatic carbocycles. The molecule has 0 unspecified atom stereocenters. The van der Waals surface area contributed by atoms with Gasteiger partial charge in [-0.05, 0) is 48.0 Å². The number of benzene rings is 2. The standard InChI is InChI=1S/C18H14ClNO4S2/c1-23-12-5-3-11(4-6-12)20-17(22)15(26-18(20)25)9-10-7-13(19)16(21)14(8-10)24-2/h3-9,21H,1-2H3/b15-9+. The Morgan fingerprint density at radius 3 is 2.50 bits per heavy atom. The fourth-order valence-electron chi connectivity index (χ4n) is 2.41. The Bertz CT molecular complexity index is 912. The van der Waals surface area contributed by atoms with Crippen LogP contribution < -0.4 is 14.4 Å². The van der Waals surface area contributed by atoms with Crippen molar-refractivity contribution in [2.75, 3.05) is 19.1 Å². The number of phenols is 1. The number of halogens is 1. The van der Waals surface area contributed by atoms with E-state index < -0.39 is 0 Å². The van der Waals surface area contributed by atoms with E-state index in [0.29, 0.717) is 26.2 Å². The molecule has 2 aromatic carbocycles. The molecule has 1 aliphatic heterocycles. The number of carbonyl (C=O) groups excluding carboxylic acids is 1. The molecule has 1 fully saturated rings. The van der Waals surface area contributed by atoms with Crippen molar-refractivity contribution in [3.05, 3.63) is 51.9 Å². The van der Waals surface area contributed by atoms with Crippen molar-refractivity contribution < 1.29 is 19.4 Å². The first kappa shape index (κ1) is 18.6. The van der Waals surface area contributed by atoms with Crippen LogP contribution in [0.25, 0.3) is 6.08 Å². The molecule has 5 nitrogen and oxygen atoms in total. The summed E-state index contributed by atoms with van der Waals surface area (Å²) in [6, 6.07) is 10.2. The summed E-state index contributed by atoms with van der Waals surface area (Å²) in [5, 5.41) is 9.96. The maximum Gasteiger partial charge on any atom is 0.270 e. The summed E-state index contributed by atoms with van der Waals surface area (Å²) < 4.78 is 10.7. The fraction of sp³-hybridized carbons (Fsp3) is 0.111. The summed E-state index contributed by atoms with van der Waals surface area (Å²) in [4.78, 5) is 14.7. The Morgan fingerprint density at radius 1 is 1.19 bits per heavy atom. The lowest BCUT2D eigenvalue weighted by Crippen LogP contribution is -2.27. The predicted molar refractivity (Wildman–Crippen MR) is 108 cm³/mol. The maximum absolute atomic E-state index is 12.8. The monoisotopic (exact) mass is 407 g/mol. The second kappa shape index (κ2) is 7.57. The lowest BCUT2D eigenvalue weighted by Gasteiger charge is -2.14. The predicted octanol–water partition coefficient (Wildman–Crippen LogP) is 4.47. The minimum Gasteiger partial charge on any atom is -0.503 e. The van der Waals surface area contributed by atoms with Crippen LogP contribution in [0.5, 0.6) is 17.2 Å². The molecule has 1 heterocycles. The van der Waals surface area contributed by atoms with Crippen LogP contribution >= 0.6 is 35.6 Å². The largest absolute Gasteiger partial charge is 0.503 e. The molecule has 0 aromatic heterocycles. The molecular weight excluding hydrogens is 394 g/mol. The summed E-state index contributed by atoms with van der Waals surface area (Å²) in [5.41, 5.74) is 1.29. The number of aromatic hydroxyl groups is 1. The van der Waals surface area contributed by atoms with E-state index in [1.165, 1.54) is 23.8 Å². The minimum absolute atomic E-state index is 0.140. The second-order valence-electron chi connectivity index (χ2n) is 5.27. The van der Waals surface area contributed by atoms with E-state index in [4.69, 9.17) is 33.3 Å². The van der Waals surface area contributed by atoms with E-state index in [1.807, 2.05) is 0 Å². The molecular formula is C18H14ClNO4S2. The minimum atomic E-state index is -0.228. The van der Waals surface area contributed by atoms with Gasteiger partial charge in [0.05, 0.1) is 29.8 Å². The highest BCUT2D eigenvalue weighted by atomic mass is 35.5. The number of hydrogen-bond acceptors (Lipinski definition) is 6. The SMILES string of the molecule is COc1ccc(N2C(=O)/C(=C\c3cc(Cl)c(O)c(OC)c3)SC2=S)cc1. The molecule has 0 bridgehead atoms. The van der Waals surface area contributed by atoms with E-state index in [-0.39, 0.29) is 22.4 Å². The Balaban J connectivity index is 1.93. The number of thioether (sulfide) groups is 1. The smallest absolute Gasteiger partial charge is 0.270 e. The average Bonchev–Trinajstić information content (AvgIpc) is 2.91. The Hall–Kier alpha value is -2.22. The van der Waals surface area contributed by atoms with Gasteiger partial charge in [0, 0.05) is 0 Å². The Morgan fingerprint density at radius 2 is 1.88 bits per heavy atom. The van der Waals surface area contributed by atoms with Gasteiger partial charge < -0.3 is 14.6 Å². The number of nitrogens with zero attached hydrogens (tertiary/aromatic N) is 1. The zero-order chi connectivity index (χ0) is 18.8. The molecule has 1 aliphatic rings. The van der Waals surface area contributed by atoms with Crippen molar-refractivity contribution in [3.63, 3.8) is 0 Å². The summed E-state index contributed by atoms with van der Waals surface area (Å²) >= 11 is 12.6. The Kier molecular flexibility index (Phi) is 5.41. The lowest BCUT2D eigenvalue weighted by molar-refractivity contribution is -0.113. The van der Waals surface area contributed by atoms with Crippen LogP contribution in [0.2, 0.25) is 5.02 Å². The van der Waals surface area contributed by atoms with Crippen molar-refractivity contribution >= 4 is 57.6 Å². The third-order valence-electron chi connectivity index (χ3n) is 3.69. The van der Waals surface area contributed by atoms with Crippen molar-refractivity contribution in [2.24, 2.45) is 0 Å². The molecule has 8 heteroatoms. The first-order valence-electron chi connectivity index (χ1n) is 7.43. The van der Waals surface area contributed by atoms with Gasteiger partial charge in [-0.1, -0.05) is 35.6 Å². The van der Waals surface area contributed by atoms with E-state index in [2.05, 4.69) is 0 Å². The highest BCUT2D eigenvalue weighted by Crippen LogP contribution is 2.39. The molecule has 2 aromatic rings. The summed E-state index contributed by atoms with van der Waals surface area (Å²) in [5.74, 6) is 0.556. The molecule has 0 spiro atoms. The van der Waals surface area contributed by atoms with Crippen molar-refractivity contribution in [1.29, 1.82) is 0 Å². The molecule has 0 atom stereocenters. The van der Waals surface area contributed by atoms with E-state index in [1.54, 1.807) is 49.6 Å². The quantitative estimate of drug-likeness (QED) is 0.596. The third kappa shape index (κ3) is 3.51. The van der Waals surface area contributed by atoms with Crippen LogP contribution in [0.15, 0.2) is 41.3 Å². The van der Waals surface area contributed by atoms with Gasteiger partial charge in [-0.15, -0.1) is 0 Å². The van der Waals surface area contributed by atoms with Crippen LogP contribution in [-0.2, 0) is 4.79 Å². The fourth-order valence-corrected chi connectivity index (χ4v) is 3.92. The van der Waals surface area contributed by atoms with Crippen molar-refractivity contribution in [1.82, 2.24) is 0 Å². The third-order valence-corrected chi connectivity index (χ3v) is 5.28. The molecule has 0 radical (unpaired) electrons. The molecule has 26 heavy (non-hydrogen) atoms. The summed E-state index contributed by atoms with van der Waals surface area (Å²) in [6.07, 6.45) is 1.66. The number of carbonyl (C=O) groups is 1. The molecule has 1 amide bonds. The zero-order valence-corrected chi connectivity index (χ0v) is 16.2. The van der Waals surface area contributed by atoms with E-state index in [0.717, 1.165) is 0 Å². The maximum atomic E-state index is 12.8. The first-order chi connectivity index (χ1) is 12.4. The topological polar surface area (TPSA) is 59.0 Å². The molecule has 1 saturated heterocycles. The number of hydrogen-bond donors (Lipinski definition) is 1. The van der Waals surface area contributed by atoms with Crippen LogP contribution in [0.3, 0.4) is 0 Å². The van der Waals surface area contributed by atoms with Crippen molar-refractivity contribution in [3.8, 4) is 17.2 Å². The second-order valence-corrected chi connectivity index (χ2v) is 7.35. The van der Waals surface area contributed by atoms with Crippen molar-refractivity contribution in [2.45, 2.75) is 0 Å². The van der Waals surface area contributed by atoms with Crippen LogP contribution in [0.1, 0.15) is 5.56 Å².